The summed E-state index contributed by atoms with van der Waals surface area (Å²) in [7, 11) is -3.29. The highest BCUT2D eigenvalue weighted by Crippen LogP contribution is 2.16. The van der Waals surface area contributed by atoms with Gasteiger partial charge in [-0.2, -0.15) is 4.31 Å². The minimum Gasteiger partial charge on any atom is -0.207 e. The van der Waals surface area contributed by atoms with Crippen LogP contribution >= 0.6 is 0 Å². The Morgan fingerprint density at radius 1 is 1.00 bits per heavy atom. The molecule has 0 saturated heterocycles. The van der Waals surface area contributed by atoms with Crippen LogP contribution in [0.1, 0.15) is 26.3 Å². The zero-order chi connectivity index (χ0) is 12.2. The lowest BCUT2D eigenvalue weighted by atomic mass is 10.2. The summed E-state index contributed by atoms with van der Waals surface area (Å²) in [5.41, 5.74) is 1.15. The molecular weight excluding hydrogens is 222 g/mol. The van der Waals surface area contributed by atoms with Crippen LogP contribution in [0.25, 0.3) is 0 Å². The Bertz CT molecular complexity index is 419. The molecule has 0 aliphatic heterocycles. The molecule has 1 aromatic rings. The molecule has 0 heterocycles. The van der Waals surface area contributed by atoms with Gasteiger partial charge in [0.2, 0.25) is 10.0 Å². The third-order valence-corrected chi connectivity index (χ3v) is 4.74. The molecule has 0 aliphatic rings. The molecule has 0 unspecified atom stereocenters. The number of hydrogen-bond donors (Lipinski definition) is 0. The fraction of sp³-hybridized carbons (Fsp3) is 0.500. The van der Waals surface area contributed by atoms with E-state index in [4.69, 9.17) is 0 Å². The maximum Gasteiger partial charge on any atom is 0.243 e. The molecule has 0 fully saturated rings. The van der Waals surface area contributed by atoms with Crippen LogP contribution in [0.15, 0.2) is 29.2 Å². The van der Waals surface area contributed by atoms with Crippen molar-refractivity contribution in [2.24, 2.45) is 0 Å². The highest BCUT2D eigenvalue weighted by Gasteiger charge is 2.20. The molecule has 0 saturated carbocycles. The molecule has 0 amide bonds. The molecule has 0 spiro atoms. The summed E-state index contributed by atoms with van der Waals surface area (Å²) >= 11 is 0. The van der Waals surface area contributed by atoms with E-state index in [2.05, 4.69) is 0 Å². The first-order valence-corrected chi connectivity index (χ1v) is 7.09. The molecular formula is C12H19NO2S. The van der Waals surface area contributed by atoms with E-state index in [1.165, 1.54) is 4.31 Å². The number of hydrogen-bond acceptors (Lipinski definition) is 2. The number of aryl methyl sites for hydroxylation is 1. The van der Waals surface area contributed by atoms with Gasteiger partial charge in [-0.15, -0.1) is 0 Å². The van der Waals surface area contributed by atoms with Crippen LogP contribution in [-0.4, -0.2) is 25.8 Å². The lowest BCUT2D eigenvalue weighted by Crippen LogP contribution is -2.30. The fourth-order valence-electron chi connectivity index (χ4n) is 1.61. The Balaban J connectivity index is 3.07. The Morgan fingerprint density at radius 3 is 1.88 bits per heavy atom. The minimum absolute atomic E-state index is 0.383. The molecule has 0 aromatic heterocycles. The Hall–Kier alpha value is -0.870. The second-order valence-corrected chi connectivity index (χ2v) is 5.52. The molecule has 1 rings (SSSR count). The SMILES string of the molecule is CCc1ccc(S(=O)(=O)N(CC)CC)cc1. The van der Waals surface area contributed by atoms with Gasteiger partial charge in [-0.1, -0.05) is 32.9 Å². The van der Waals surface area contributed by atoms with Gasteiger partial charge in [0.05, 0.1) is 4.90 Å². The topological polar surface area (TPSA) is 37.4 Å². The van der Waals surface area contributed by atoms with Crippen LogP contribution in [0.4, 0.5) is 0 Å². The first kappa shape index (κ1) is 13.2. The van der Waals surface area contributed by atoms with Gasteiger partial charge in [0.15, 0.2) is 0 Å². The number of nitrogens with zero attached hydrogens (tertiary/aromatic N) is 1. The van der Waals surface area contributed by atoms with Crippen molar-refractivity contribution in [2.75, 3.05) is 13.1 Å². The lowest BCUT2D eigenvalue weighted by Gasteiger charge is -2.18. The normalized spacial score (nSPS) is 12.0. The molecule has 0 radical (unpaired) electrons. The highest BCUT2D eigenvalue weighted by atomic mass is 32.2. The third kappa shape index (κ3) is 2.62. The van der Waals surface area contributed by atoms with Gasteiger partial charge in [0.1, 0.15) is 0 Å². The maximum atomic E-state index is 12.1. The van der Waals surface area contributed by atoms with Gasteiger partial charge in [0.25, 0.3) is 0 Å². The van der Waals surface area contributed by atoms with Crippen molar-refractivity contribution >= 4 is 10.0 Å². The second-order valence-electron chi connectivity index (χ2n) is 3.59. The van der Waals surface area contributed by atoms with Crippen LogP contribution in [-0.2, 0) is 16.4 Å². The van der Waals surface area contributed by atoms with E-state index in [1.807, 2.05) is 32.9 Å². The summed E-state index contributed by atoms with van der Waals surface area (Å²) in [6.45, 7) is 6.76. The maximum absolute atomic E-state index is 12.1. The second kappa shape index (κ2) is 5.46. The van der Waals surface area contributed by atoms with E-state index >= 15 is 0 Å². The van der Waals surface area contributed by atoms with Crippen LogP contribution in [0.5, 0.6) is 0 Å². The average molecular weight is 241 g/mol. The smallest absolute Gasteiger partial charge is 0.207 e. The molecule has 0 aliphatic carbocycles. The van der Waals surface area contributed by atoms with E-state index < -0.39 is 10.0 Å². The Morgan fingerprint density at radius 2 is 1.50 bits per heavy atom. The van der Waals surface area contributed by atoms with E-state index in [0.29, 0.717) is 18.0 Å². The summed E-state index contributed by atoms with van der Waals surface area (Å²) in [5.74, 6) is 0. The van der Waals surface area contributed by atoms with Crippen molar-refractivity contribution in [3.05, 3.63) is 29.8 Å². The predicted molar refractivity (Wildman–Crippen MR) is 65.9 cm³/mol. The molecule has 0 bridgehead atoms. The molecule has 0 atom stereocenters. The standard InChI is InChI=1S/C12H19NO2S/c1-4-11-7-9-12(10-8-11)16(14,15)13(5-2)6-3/h7-10H,4-6H2,1-3H3. The zero-order valence-corrected chi connectivity index (χ0v) is 10.9. The van der Waals surface area contributed by atoms with Crippen molar-refractivity contribution in [2.45, 2.75) is 32.1 Å². The van der Waals surface area contributed by atoms with Crippen LogP contribution in [0, 0.1) is 0 Å². The summed E-state index contributed by atoms with van der Waals surface area (Å²) < 4.78 is 25.7. The summed E-state index contributed by atoms with van der Waals surface area (Å²) in [4.78, 5) is 0.383. The van der Waals surface area contributed by atoms with Gasteiger partial charge in [-0.05, 0) is 24.1 Å². The monoisotopic (exact) mass is 241 g/mol. The van der Waals surface area contributed by atoms with E-state index in [-0.39, 0.29) is 0 Å². The van der Waals surface area contributed by atoms with Gasteiger partial charge >= 0.3 is 0 Å². The minimum atomic E-state index is -3.29. The van der Waals surface area contributed by atoms with Gasteiger partial charge in [-0.25, -0.2) is 8.42 Å². The van der Waals surface area contributed by atoms with Crippen molar-refractivity contribution in [1.82, 2.24) is 4.31 Å². The van der Waals surface area contributed by atoms with Crippen LogP contribution in [0.2, 0.25) is 0 Å². The molecule has 16 heavy (non-hydrogen) atoms. The number of rotatable bonds is 5. The van der Waals surface area contributed by atoms with E-state index in [9.17, 15) is 8.42 Å². The fourth-order valence-corrected chi connectivity index (χ4v) is 3.07. The quantitative estimate of drug-likeness (QED) is 0.793. The number of sulfonamides is 1. The first-order chi connectivity index (χ1) is 7.56. The van der Waals surface area contributed by atoms with Crippen molar-refractivity contribution in [3.63, 3.8) is 0 Å². The van der Waals surface area contributed by atoms with Crippen LogP contribution in [0.3, 0.4) is 0 Å². The molecule has 4 heteroatoms. The summed E-state index contributed by atoms with van der Waals surface area (Å²) in [6, 6.07) is 7.12. The van der Waals surface area contributed by atoms with Crippen molar-refractivity contribution < 1.29 is 8.42 Å². The third-order valence-electron chi connectivity index (χ3n) is 2.67. The zero-order valence-electron chi connectivity index (χ0n) is 10.1. The Kier molecular flexibility index (Phi) is 4.50. The number of benzene rings is 1. The van der Waals surface area contributed by atoms with Crippen LogP contribution < -0.4 is 0 Å². The first-order valence-electron chi connectivity index (χ1n) is 5.65. The van der Waals surface area contributed by atoms with Crippen molar-refractivity contribution in [1.29, 1.82) is 0 Å². The van der Waals surface area contributed by atoms with Gasteiger partial charge in [0, 0.05) is 13.1 Å². The molecule has 1 aromatic carbocycles. The van der Waals surface area contributed by atoms with E-state index in [1.54, 1.807) is 12.1 Å². The lowest BCUT2D eigenvalue weighted by molar-refractivity contribution is 0.445. The highest BCUT2D eigenvalue weighted by molar-refractivity contribution is 7.89. The largest absolute Gasteiger partial charge is 0.243 e. The molecule has 90 valence electrons. The molecule has 3 nitrogen and oxygen atoms in total. The summed E-state index contributed by atoms with van der Waals surface area (Å²) in [6.07, 6.45) is 0.922. The van der Waals surface area contributed by atoms with Gasteiger partial charge < -0.3 is 0 Å². The van der Waals surface area contributed by atoms with Crippen molar-refractivity contribution in [3.8, 4) is 0 Å². The van der Waals surface area contributed by atoms with Gasteiger partial charge in [-0.3, -0.25) is 0 Å². The Labute approximate surface area is 98.1 Å². The molecule has 0 N–H and O–H groups in total. The average Bonchev–Trinajstić information content (AvgIpc) is 2.30. The van der Waals surface area contributed by atoms with E-state index in [0.717, 1.165) is 12.0 Å². The predicted octanol–water partition coefficient (Wildman–Crippen LogP) is 2.28. The summed E-state index contributed by atoms with van der Waals surface area (Å²) in [5, 5.41) is 0.